The number of aliphatic hydroxyl groups excluding tert-OH is 1. The predicted octanol–water partition coefficient (Wildman–Crippen LogP) is -0.645. The summed E-state index contributed by atoms with van der Waals surface area (Å²) in [6.07, 6.45) is 0.555. The summed E-state index contributed by atoms with van der Waals surface area (Å²) in [5.41, 5.74) is -2.63. The van der Waals surface area contributed by atoms with Gasteiger partial charge in [-0.25, -0.2) is 8.42 Å². The SMILES string of the molecule is O=c1[nH]c2cc([N+](=O)[O-])c(S(=O)(=O)C3CCN(CCO)CC3)cc2[nH]c1=O. The van der Waals surface area contributed by atoms with Crippen LogP contribution in [0.1, 0.15) is 12.8 Å². The molecule has 1 aliphatic rings. The predicted molar refractivity (Wildman–Crippen MR) is 95.6 cm³/mol. The van der Waals surface area contributed by atoms with Crippen LogP contribution in [0, 0.1) is 10.1 Å². The largest absolute Gasteiger partial charge is 0.395 e. The zero-order valence-corrected chi connectivity index (χ0v) is 15.0. The Balaban J connectivity index is 2.07. The lowest BCUT2D eigenvalue weighted by Crippen LogP contribution is -2.40. The molecule has 2 heterocycles. The molecule has 0 radical (unpaired) electrons. The van der Waals surface area contributed by atoms with Crippen LogP contribution in [0.15, 0.2) is 26.6 Å². The summed E-state index contributed by atoms with van der Waals surface area (Å²) in [5, 5.41) is 19.6. The van der Waals surface area contributed by atoms with Crippen LogP contribution in [-0.2, 0) is 9.84 Å². The highest BCUT2D eigenvalue weighted by atomic mass is 32.2. The fraction of sp³-hybridized carbons (Fsp3) is 0.467. The number of β-amino-alcohol motifs (C(OH)–C–C–N with tert-alkyl or cyclic N) is 1. The van der Waals surface area contributed by atoms with Crippen molar-refractivity contribution in [2.75, 3.05) is 26.2 Å². The smallest absolute Gasteiger partial charge is 0.314 e. The first-order chi connectivity index (χ1) is 12.7. The average Bonchev–Trinajstić information content (AvgIpc) is 2.62. The molecule has 1 aliphatic heterocycles. The number of sulfone groups is 1. The topological polar surface area (TPSA) is 166 Å². The number of aromatic amines is 2. The molecule has 146 valence electrons. The van der Waals surface area contributed by atoms with Crippen LogP contribution in [0.3, 0.4) is 0 Å². The van der Waals surface area contributed by atoms with Crippen molar-refractivity contribution in [1.29, 1.82) is 0 Å². The van der Waals surface area contributed by atoms with E-state index < -0.39 is 41.7 Å². The van der Waals surface area contributed by atoms with Gasteiger partial charge in [-0.3, -0.25) is 19.7 Å². The van der Waals surface area contributed by atoms with Gasteiger partial charge in [0.15, 0.2) is 9.84 Å². The molecule has 12 heteroatoms. The number of benzene rings is 1. The van der Waals surface area contributed by atoms with E-state index in [2.05, 4.69) is 9.97 Å². The first kappa shape index (κ1) is 19.2. The Hall–Kier alpha value is -2.57. The molecule has 2 aromatic rings. The van der Waals surface area contributed by atoms with Crippen LogP contribution in [0.25, 0.3) is 11.0 Å². The van der Waals surface area contributed by atoms with Crippen LogP contribution in [0.4, 0.5) is 5.69 Å². The maximum absolute atomic E-state index is 13.0. The summed E-state index contributed by atoms with van der Waals surface area (Å²) in [7, 11) is -4.04. The van der Waals surface area contributed by atoms with Crippen molar-refractivity contribution in [2.45, 2.75) is 23.0 Å². The monoisotopic (exact) mass is 398 g/mol. The fourth-order valence-corrected chi connectivity index (χ4v) is 5.17. The van der Waals surface area contributed by atoms with E-state index in [1.54, 1.807) is 0 Å². The molecule has 0 spiro atoms. The molecule has 1 saturated heterocycles. The highest BCUT2D eigenvalue weighted by molar-refractivity contribution is 7.92. The number of nitrogens with one attached hydrogen (secondary N) is 2. The van der Waals surface area contributed by atoms with Crippen LogP contribution < -0.4 is 11.1 Å². The third kappa shape index (κ3) is 3.63. The van der Waals surface area contributed by atoms with Crippen molar-refractivity contribution in [3.8, 4) is 0 Å². The molecule has 0 unspecified atom stereocenters. The molecule has 0 saturated carbocycles. The van der Waals surface area contributed by atoms with Crippen LogP contribution in [-0.4, -0.2) is 64.8 Å². The second kappa shape index (κ2) is 7.21. The number of hydrogen-bond donors (Lipinski definition) is 3. The van der Waals surface area contributed by atoms with Crippen LogP contribution >= 0.6 is 0 Å². The summed E-state index contributed by atoms with van der Waals surface area (Å²) >= 11 is 0. The minimum Gasteiger partial charge on any atom is -0.395 e. The van der Waals surface area contributed by atoms with Gasteiger partial charge in [-0.1, -0.05) is 0 Å². The van der Waals surface area contributed by atoms with Gasteiger partial charge >= 0.3 is 11.1 Å². The van der Waals surface area contributed by atoms with Crippen molar-refractivity contribution in [3.63, 3.8) is 0 Å². The molecule has 1 fully saturated rings. The van der Waals surface area contributed by atoms with Crippen LogP contribution in [0.5, 0.6) is 0 Å². The second-order valence-corrected chi connectivity index (χ2v) is 8.54. The van der Waals surface area contributed by atoms with Crippen molar-refractivity contribution < 1.29 is 18.4 Å². The number of H-pyrrole nitrogens is 2. The number of nitro groups is 1. The van der Waals surface area contributed by atoms with E-state index >= 15 is 0 Å². The van der Waals surface area contributed by atoms with Crippen molar-refractivity contribution in [2.24, 2.45) is 0 Å². The first-order valence-electron chi connectivity index (χ1n) is 8.26. The van der Waals surface area contributed by atoms with Crippen molar-refractivity contribution >= 4 is 26.6 Å². The van der Waals surface area contributed by atoms with Gasteiger partial charge in [0.05, 0.1) is 27.8 Å². The van der Waals surface area contributed by atoms with E-state index in [0.717, 1.165) is 12.1 Å². The molecule has 0 amide bonds. The lowest BCUT2D eigenvalue weighted by atomic mass is 10.1. The Morgan fingerprint density at radius 2 is 1.70 bits per heavy atom. The van der Waals surface area contributed by atoms with Gasteiger partial charge in [-0.05, 0) is 32.0 Å². The number of fused-ring (bicyclic) bond motifs is 1. The van der Waals surface area contributed by atoms with Gasteiger partial charge in [0.25, 0.3) is 5.69 Å². The zero-order chi connectivity index (χ0) is 19.8. The lowest BCUT2D eigenvalue weighted by molar-refractivity contribution is -0.387. The summed E-state index contributed by atoms with van der Waals surface area (Å²) in [6, 6.07) is 1.97. The van der Waals surface area contributed by atoms with E-state index in [-0.39, 0.29) is 30.5 Å². The van der Waals surface area contributed by atoms with Crippen molar-refractivity contribution in [1.82, 2.24) is 14.9 Å². The number of nitrogens with zero attached hydrogens (tertiary/aromatic N) is 2. The second-order valence-electron chi connectivity index (χ2n) is 6.34. The Morgan fingerprint density at radius 3 is 2.22 bits per heavy atom. The first-order valence-corrected chi connectivity index (χ1v) is 9.80. The quantitative estimate of drug-likeness (QED) is 0.339. The van der Waals surface area contributed by atoms with Gasteiger partial charge in [-0.2, -0.15) is 0 Å². The summed E-state index contributed by atoms with van der Waals surface area (Å²) < 4.78 is 26.1. The Labute approximate surface area is 152 Å². The van der Waals surface area contributed by atoms with Gasteiger partial charge in [0.2, 0.25) is 0 Å². The Bertz CT molecular complexity index is 1100. The number of rotatable bonds is 5. The summed E-state index contributed by atoms with van der Waals surface area (Å²) in [5.74, 6) is 0. The maximum atomic E-state index is 13.0. The Morgan fingerprint density at radius 1 is 1.15 bits per heavy atom. The minimum absolute atomic E-state index is 0.00138. The number of aliphatic hydroxyl groups is 1. The highest BCUT2D eigenvalue weighted by Crippen LogP contribution is 2.33. The van der Waals surface area contributed by atoms with E-state index in [1.807, 2.05) is 4.90 Å². The number of likely N-dealkylation sites (tertiary alicyclic amines) is 1. The molecule has 0 atom stereocenters. The standard InChI is InChI=1S/C15H18N4O7S/c20-6-5-18-3-1-9(2-4-18)27(25,26)13-8-11-10(7-12(13)19(23)24)16-14(21)15(22)17-11/h7-9,20H,1-6H2,(H,16,21)(H,17,22). The van der Waals surface area contributed by atoms with E-state index in [0.29, 0.717) is 19.6 Å². The molecule has 3 rings (SSSR count). The summed E-state index contributed by atoms with van der Waals surface area (Å²) in [4.78, 5) is 39.4. The average molecular weight is 398 g/mol. The molecule has 1 aromatic heterocycles. The Kier molecular flexibility index (Phi) is 5.13. The van der Waals surface area contributed by atoms with Gasteiger partial charge in [0.1, 0.15) is 4.90 Å². The van der Waals surface area contributed by atoms with E-state index in [4.69, 9.17) is 5.11 Å². The van der Waals surface area contributed by atoms with E-state index in [1.165, 1.54) is 0 Å². The molecule has 0 aliphatic carbocycles. The summed E-state index contributed by atoms with van der Waals surface area (Å²) in [6.45, 7) is 1.32. The molecular formula is C15H18N4O7S. The number of hydrogen-bond acceptors (Lipinski definition) is 8. The number of nitro benzene ring substituents is 1. The minimum atomic E-state index is -4.04. The number of aromatic nitrogens is 2. The molecule has 3 N–H and O–H groups in total. The molecule has 1 aromatic carbocycles. The van der Waals surface area contributed by atoms with Crippen LogP contribution in [0.2, 0.25) is 0 Å². The maximum Gasteiger partial charge on any atom is 0.314 e. The van der Waals surface area contributed by atoms with Gasteiger partial charge in [0, 0.05) is 12.6 Å². The molecular weight excluding hydrogens is 380 g/mol. The molecule has 0 bridgehead atoms. The van der Waals surface area contributed by atoms with Gasteiger partial charge in [-0.15, -0.1) is 0 Å². The molecule has 11 nitrogen and oxygen atoms in total. The van der Waals surface area contributed by atoms with Gasteiger partial charge < -0.3 is 20.0 Å². The normalized spacial score (nSPS) is 16.6. The number of piperidine rings is 1. The zero-order valence-electron chi connectivity index (χ0n) is 14.2. The highest BCUT2D eigenvalue weighted by Gasteiger charge is 2.36. The third-order valence-corrected chi connectivity index (χ3v) is 6.98. The lowest BCUT2D eigenvalue weighted by Gasteiger charge is -2.31. The third-order valence-electron chi connectivity index (χ3n) is 4.69. The van der Waals surface area contributed by atoms with Crippen molar-refractivity contribution in [3.05, 3.63) is 43.0 Å². The fourth-order valence-electron chi connectivity index (χ4n) is 3.27. The molecule has 27 heavy (non-hydrogen) atoms. The van der Waals surface area contributed by atoms with E-state index in [9.17, 15) is 28.1 Å².